The summed E-state index contributed by atoms with van der Waals surface area (Å²) in [6.45, 7) is 13.6. The largest absolute Gasteiger partial charge is 0.0919 e. The van der Waals surface area contributed by atoms with Crippen molar-refractivity contribution in [3.8, 4) is 11.8 Å². The van der Waals surface area contributed by atoms with E-state index in [9.17, 15) is 0 Å². The highest BCUT2D eigenvalue weighted by Crippen LogP contribution is 2.19. The van der Waals surface area contributed by atoms with Gasteiger partial charge in [-0.2, -0.15) is 0 Å². The Kier molecular flexibility index (Phi) is 3.80. The lowest BCUT2D eigenvalue weighted by Gasteiger charge is -2.17. The van der Waals surface area contributed by atoms with Gasteiger partial charge >= 0.3 is 0 Å². The van der Waals surface area contributed by atoms with Gasteiger partial charge in [-0.05, 0) is 37.6 Å². The van der Waals surface area contributed by atoms with Gasteiger partial charge in [0.25, 0.3) is 0 Å². The van der Waals surface area contributed by atoms with E-state index in [1.165, 1.54) is 16.0 Å². The Hall–Kier alpha value is -1.52. The van der Waals surface area contributed by atoms with Crippen molar-refractivity contribution < 1.29 is 0 Å². The first-order valence-corrected chi connectivity index (χ1v) is 10.7. The first-order valence-electron chi connectivity index (χ1n) is 7.23. The van der Waals surface area contributed by atoms with Crippen LogP contribution in [0.2, 0.25) is 19.6 Å². The summed E-state index contributed by atoms with van der Waals surface area (Å²) >= 11 is 0. The maximum absolute atomic E-state index is 3.37. The van der Waals surface area contributed by atoms with Gasteiger partial charge in [0.2, 0.25) is 0 Å². The second kappa shape index (κ2) is 5.11. The topological polar surface area (TPSA) is 0 Å². The number of benzene rings is 2. The Labute approximate surface area is 124 Å². The van der Waals surface area contributed by atoms with Crippen LogP contribution in [0.1, 0.15) is 26.3 Å². The summed E-state index contributed by atoms with van der Waals surface area (Å²) < 4.78 is 0. The third-order valence-electron chi connectivity index (χ3n) is 3.32. The van der Waals surface area contributed by atoms with Crippen LogP contribution in [-0.4, -0.2) is 8.07 Å². The molecular formula is C19H24Si. The van der Waals surface area contributed by atoms with E-state index >= 15 is 0 Å². The molecule has 20 heavy (non-hydrogen) atoms. The summed E-state index contributed by atoms with van der Waals surface area (Å²) in [5, 5.41) is 4.08. The maximum atomic E-state index is 3.37. The standard InChI is InChI=1S/C19H24Si/c1-19(2,3)13-12-16-9-7-8-15-10-11-17(14-18(15)16)20(4,5)6/h7-11,14H,1-6H3. The van der Waals surface area contributed by atoms with E-state index in [1.807, 2.05) is 0 Å². The molecule has 0 bridgehead atoms. The van der Waals surface area contributed by atoms with Crippen LogP contribution in [0.3, 0.4) is 0 Å². The molecule has 0 fully saturated rings. The predicted molar refractivity (Wildman–Crippen MR) is 93.3 cm³/mol. The lowest BCUT2D eigenvalue weighted by atomic mass is 9.96. The Morgan fingerprint density at radius 3 is 2.25 bits per heavy atom. The highest BCUT2D eigenvalue weighted by molar-refractivity contribution is 6.88. The summed E-state index contributed by atoms with van der Waals surface area (Å²) in [6, 6.07) is 13.3. The molecule has 0 saturated carbocycles. The maximum Gasteiger partial charge on any atom is 0.0776 e. The number of fused-ring (bicyclic) bond motifs is 1. The molecule has 0 aliphatic rings. The first-order chi connectivity index (χ1) is 9.17. The average Bonchev–Trinajstić information content (AvgIpc) is 2.33. The highest BCUT2D eigenvalue weighted by Gasteiger charge is 2.16. The van der Waals surface area contributed by atoms with Crippen LogP contribution in [0.25, 0.3) is 10.8 Å². The van der Waals surface area contributed by atoms with E-state index in [4.69, 9.17) is 0 Å². The Balaban J connectivity index is 2.63. The number of hydrogen-bond acceptors (Lipinski definition) is 0. The zero-order valence-electron chi connectivity index (χ0n) is 13.5. The van der Waals surface area contributed by atoms with Crippen molar-refractivity contribution >= 4 is 24.0 Å². The van der Waals surface area contributed by atoms with Gasteiger partial charge in [0.05, 0.1) is 8.07 Å². The first kappa shape index (κ1) is 14.9. The van der Waals surface area contributed by atoms with E-state index in [0.717, 1.165) is 5.56 Å². The molecule has 0 amide bonds. The molecule has 104 valence electrons. The second-order valence-corrected chi connectivity index (χ2v) is 12.6. The van der Waals surface area contributed by atoms with E-state index in [2.05, 4.69) is 88.7 Å². The van der Waals surface area contributed by atoms with Crippen LogP contribution in [0.4, 0.5) is 0 Å². The van der Waals surface area contributed by atoms with Gasteiger partial charge in [-0.25, -0.2) is 0 Å². The molecule has 2 rings (SSSR count). The fourth-order valence-electron chi connectivity index (χ4n) is 2.10. The van der Waals surface area contributed by atoms with Gasteiger partial charge in [-0.3, -0.25) is 0 Å². The van der Waals surface area contributed by atoms with E-state index in [-0.39, 0.29) is 5.41 Å². The van der Waals surface area contributed by atoms with Gasteiger partial charge in [-0.15, -0.1) is 0 Å². The summed E-state index contributed by atoms with van der Waals surface area (Å²) in [7, 11) is -1.28. The monoisotopic (exact) mass is 280 g/mol. The lowest BCUT2D eigenvalue weighted by molar-refractivity contribution is 0.571. The molecule has 0 aromatic heterocycles. The molecule has 0 radical (unpaired) electrons. The Morgan fingerprint density at radius 1 is 0.950 bits per heavy atom. The van der Waals surface area contributed by atoms with E-state index < -0.39 is 8.07 Å². The third-order valence-corrected chi connectivity index (χ3v) is 5.36. The molecule has 0 atom stereocenters. The van der Waals surface area contributed by atoms with Crippen LogP contribution < -0.4 is 5.19 Å². The minimum atomic E-state index is -1.28. The number of hydrogen-bond donors (Lipinski definition) is 0. The molecule has 0 heterocycles. The molecule has 0 spiro atoms. The molecule has 0 aliphatic carbocycles. The molecule has 0 saturated heterocycles. The van der Waals surface area contributed by atoms with Gasteiger partial charge in [-0.1, -0.05) is 67.0 Å². The minimum Gasteiger partial charge on any atom is -0.0919 e. The van der Waals surface area contributed by atoms with Gasteiger partial charge < -0.3 is 0 Å². The van der Waals surface area contributed by atoms with Crippen molar-refractivity contribution in [1.29, 1.82) is 0 Å². The SMILES string of the molecule is CC(C)(C)C#Cc1cccc2ccc([Si](C)(C)C)cc12. The number of rotatable bonds is 1. The average molecular weight is 280 g/mol. The van der Waals surface area contributed by atoms with Crippen LogP contribution >= 0.6 is 0 Å². The van der Waals surface area contributed by atoms with E-state index in [0.29, 0.717) is 0 Å². The molecule has 2 aromatic rings. The van der Waals surface area contributed by atoms with Crippen LogP contribution in [0, 0.1) is 17.3 Å². The fraction of sp³-hybridized carbons (Fsp3) is 0.368. The molecule has 2 aromatic carbocycles. The van der Waals surface area contributed by atoms with Crippen molar-refractivity contribution in [3.05, 3.63) is 42.0 Å². The Bertz CT molecular complexity index is 685. The summed E-state index contributed by atoms with van der Waals surface area (Å²) in [5.41, 5.74) is 1.19. The third kappa shape index (κ3) is 3.52. The molecule has 0 nitrogen and oxygen atoms in total. The fourth-order valence-corrected chi connectivity index (χ4v) is 3.26. The molecule has 0 aliphatic heterocycles. The quantitative estimate of drug-likeness (QED) is 0.521. The second-order valence-electron chi connectivity index (χ2n) is 7.49. The van der Waals surface area contributed by atoms with Gasteiger partial charge in [0.15, 0.2) is 0 Å². The Morgan fingerprint density at radius 2 is 1.65 bits per heavy atom. The van der Waals surface area contributed by atoms with Crippen molar-refractivity contribution in [3.63, 3.8) is 0 Å². The van der Waals surface area contributed by atoms with Crippen molar-refractivity contribution in [1.82, 2.24) is 0 Å². The van der Waals surface area contributed by atoms with Gasteiger partial charge in [0.1, 0.15) is 0 Å². The molecule has 0 unspecified atom stereocenters. The normalized spacial score (nSPS) is 12.1. The summed E-state index contributed by atoms with van der Waals surface area (Å²) in [5.74, 6) is 6.72. The predicted octanol–water partition coefficient (Wildman–Crippen LogP) is 4.78. The summed E-state index contributed by atoms with van der Waals surface area (Å²) in [6.07, 6.45) is 0. The molecular weight excluding hydrogens is 256 g/mol. The van der Waals surface area contributed by atoms with Gasteiger partial charge in [0, 0.05) is 11.0 Å². The highest BCUT2D eigenvalue weighted by atomic mass is 28.3. The zero-order chi connectivity index (χ0) is 15.0. The molecule has 1 heteroatoms. The van der Waals surface area contributed by atoms with Crippen molar-refractivity contribution in [2.24, 2.45) is 5.41 Å². The smallest absolute Gasteiger partial charge is 0.0776 e. The summed E-state index contributed by atoms with van der Waals surface area (Å²) in [4.78, 5) is 0. The van der Waals surface area contributed by atoms with Crippen molar-refractivity contribution in [2.45, 2.75) is 40.4 Å². The minimum absolute atomic E-state index is 0.0402. The van der Waals surface area contributed by atoms with E-state index in [1.54, 1.807) is 0 Å². The van der Waals surface area contributed by atoms with Crippen molar-refractivity contribution in [2.75, 3.05) is 0 Å². The zero-order valence-corrected chi connectivity index (χ0v) is 14.5. The lowest BCUT2D eigenvalue weighted by Crippen LogP contribution is -2.37. The van der Waals surface area contributed by atoms with Crippen LogP contribution in [0.15, 0.2) is 36.4 Å². The molecule has 0 N–H and O–H groups in total. The van der Waals surface area contributed by atoms with Crippen LogP contribution in [-0.2, 0) is 0 Å². The van der Waals surface area contributed by atoms with Crippen LogP contribution in [0.5, 0.6) is 0 Å².